The van der Waals surface area contributed by atoms with Crippen LogP contribution in [0.1, 0.15) is 98.0 Å². The van der Waals surface area contributed by atoms with Crippen molar-refractivity contribution in [2.24, 2.45) is 11.8 Å². The van der Waals surface area contributed by atoms with Gasteiger partial charge in [-0.15, -0.1) is 5.10 Å². The number of aliphatic hydroxyl groups excluding tert-OH is 2. The van der Waals surface area contributed by atoms with Crippen molar-refractivity contribution in [2.45, 2.75) is 114 Å². The monoisotopic (exact) mass is 879 g/mol. The van der Waals surface area contributed by atoms with Crippen molar-refractivity contribution in [3.8, 4) is 11.1 Å². The minimum Gasteiger partial charge on any atom is -0.379 e. The van der Waals surface area contributed by atoms with Crippen molar-refractivity contribution >= 4 is 34.0 Å². The molecule has 19 heteroatoms. The highest BCUT2D eigenvalue weighted by Crippen LogP contribution is 2.39. The molecule has 338 valence electrons. The van der Waals surface area contributed by atoms with Crippen molar-refractivity contribution in [1.29, 1.82) is 0 Å². The summed E-state index contributed by atoms with van der Waals surface area (Å²) >= 11 is 0. The molecule has 5 aliphatic rings. The van der Waals surface area contributed by atoms with Crippen molar-refractivity contribution in [1.82, 2.24) is 54.2 Å². The third-order valence-electron chi connectivity index (χ3n) is 14.5. The summed E-state index contributed by atoms with van der Waals surface area (Å²) in [5.74, 6) is 0.993. The number of amides is 1. The molecule has 6 aromatic rings. The van der Waals surface area contributed by atoms with Gasteiger partial charge in [-0.2, -0.15) is 15.3 Å². The van der Waals surface area contributed by atoms with Gasteiger partial charge in [-0.05, 0) is 107 Å². The van der Waals surface area contributed by atoms with E-state index in [-0.39, 0.29) is 35.5 Å². The summed E-state index contributed by atoms with van der Waals surface area (Å²) in [5, 5.41) is 46.0. The van der Waals surface area contributed by atoms with Crippen LogP contribution < -0.4 is 15.5 Å². The number of benzene rings is 1. The van der Waals surface area contributed by atoms with Crippen LogP contribution in [0.25, 0.3) is 27.7 Å². The molecule has 2 bridgehead atoms. The van der Waals surface area contributed by atoms with Crippen LogP contribution in [0.2, 0.25) is 0 Å². The number of nitrogens with one attached hydrogen (secondary N) is 2. The standard InChI is InChI=1S/C45H55F2N13O4/c1-26-38-33(4-2-5-35(38)60(52-26)36-10-11-37(61)51-44(36)62)29-19-49-56(22-29)21-28-12-16-55(17-13-28)20-27-6-8-30(9-7-27)59-24-34(40(53-59)41(46)47)50-45(63)39-42-48-14-3-15-58(42)54-43(39)57-23-32-18-31(57)25-64-32/h2-5,14-15,19,22,24,27-28,30-32,36-37,41,44,51,61-62H,6-13,16-18,20-21,23,25H2,1H3,(H,50,63)/t27?,30?,31-,32-,36-,37-,44-/m1/s1. The van der Waals surface area contributed by atoms with Gasteiger partial charge in [0.15, 0.2) is 17.2 Å². The van der Waals surface area contributed by atoms with Gasteiger partial charge in [0.2, 0.25) is 0 Å². The van der Waals surface area contributed by atoms with E-state index in [0.717, 1.165) is 98.8 Å². The minimum absolute atomic E-state index is 0.0143. The van der Waals surface area contributed by atoms with E-state index in [2.05, 4.69) is 47.5 Å². The first kappa shape index (κ1) is 41.4. The number of morpholine rings is 1. The number of likely N-dealkylation sites (tertiary alicyclic amines) is 1. The Morgan fingerprint density at radius 3 is 2.56 bits per heavy atom. The predicted molar refractivity (Wildman–Crippen MR) is 233 cm³/mol. The number of rotatable bonds is 11. The number of carbonyl (C=O) groups is 1. The van der Waals surface area contributed by atoms with Crippen LogP contribution in [-0.2, 0) is 11.3 Å². The Kier molecular flexibility index (Phi) is 10.9. The molecule has 5 aromatic heterocycles. The molecule has 4 N–H and O–H groups in total. The Hall–Kier alpha value is -5.34. The van der Waals surface area contributed by atoms with Crippen molar-refractivity contribution in [3.05, 3.63) is 72.2 Å². The van der Waals surface area contributed by atoms with E-state index in [1.165, 1.54) is 0 Å². The van der Waals surface area contributed by atoms with Crippen LogP contribution in [0.4, 0.5) is 20.3 Å². The highest BCUT2D eigenvalue weighted by molar-refractivity contribution is 6.12. The Morgan fingerprint density at radius 2 is 1.80 bits per heavy atom. The average Bonchev–Trinajstić information content (AvgIpc) is 4.17. The van der Waals surface area contributed by atoms with E-state index in [0.29, 0.717) is 49.3 Å². The zero-order chi connectivity index (χ0) is 43.6. The van der Waals surface area contributed by atoms with Crippen LogP contribution >= 0.6 is 0 Å². The molecule has 1 aliphatic carbocycles. The van der Waals surface area contributed by atoms with Gasteiger partial charge in [-0.25, -0.2) is 18.3 Å². The van der Waals surface area contributed by atoms with Gasteiger partial charge in [0, 0.05) is 55.4 Å². The number of hydrogen-bond donors (Lipinski definition) is 4. The van der Waals surface area contributed by atoms with E-state index >= 15 is 0 Å². The first-order valence-electron chi connectivity index (χ1n) is 22.9. The minimum atomic E-state index is -2.85. The third-order valence-corrected chi connectivity index (χ3v) is 14.5. The maximum Gasteiger partial charge on any atom is 0.284 e. The second kappa shape index (κ2) is 16.9. The number of nitrogens with zero attached hydrogens (tertiary/aromatic N) is 11. The molecule has 0 radical (unpaired) electrons. The van der Waals surface area contributed by atoms with E-state index in [1.807, 2.05) is 29.9 Å². The second-order valence-corrected chi connectivity index (χ2v) is 18.6. The highest BCUT2D eigenvalue weighted by atomic mass is 19.3. The summed E-state index contributed by atoms with van der Waals surface area (Å²) in [4.78, 5) is 23.1. The summed E-state index contributed by atoms with van der Waals surface area (Å²) < 4.78 is 41.9. The van der Waals surface area contributed by atoms with Gasteiger partial charge in [0.05, 0.1) is 53.9 Å². The van der Waals surface area contributed by atoms with Gasteiger partial charge in [0.25, 0.3) is 12.3 Å². The molecule has 4 aliphatic heterocycles. The molecule has 17 nitrogen and oxygen atoms in total. The summed E-state index contributed by atoms with van der Waals surface area (Å²) in [5.41, 5.74) is 4.15. The lowest BCUT2D eigenvalue weighted by Crippen LogP contribution is -2.48. The number of fused-ring (bicyclic) bond motifs is 4. The topological polar surface area (TPSA) is 181 Å². The number of aryl methyl sites for hydroxylation is 1. The lowest BCUT2D eigenvalue weighted by molar-refractivity contribution is -0.0297. The zero-order valence-corrected chi connectivity index (χ0v) is 35.9. The van der Waals surface area contributed by atoms with E-state index in [4.69, 9.17) is 20.0 Å². The Bertz CT molecular complexity index is 2640. The van der Waals surface area contributed by atoms with E-state index < -0.39 is 30.5 Å². The molecule has 0 unspecified atom stereocenters. The van der Waals surface area contributed by atoms with Crippen molar-refractivity contribution in [3.63, 3.8) is 0 Å². The fraction of sp³-hybridized carbons (Fsp3) is 0.556. The lowest BCUT2D eigenvalue weighted by atomic mass is 9.85. The highest BCUT2D eigenvalue weighted by Gasteiger charge is 2.42. The van der Waals surface area contributed by atoms with E-state index in [9.17, 15) is 23.8 Å². The Labute approximate surface area is 368 Å². The SMILES string of the molecule is Cc1nn([C@@H]2CC[C@@H](O)N[C@@H]2O)c2cccc(-c3cnn(CC4CCN(CC5CCC(n6cc(NC(=O)c7c(N8C[C@H]9C[C@@H]8CO9)nn8cccnc78)c(C(F)F)n6)CC5)CC4)c3)c12. The van der Waals surface area contributed by atoms with Crippen LogP contribution in [0.3, 0.4) is 0 Å². The molecular weight excluding hydrogens is 825 g/mol. The van der Waals surface area contributed by atoms with E-state index in [1.54, 1.807) is 33.9 Å². The summed E-state index contributed by atoms with van der Waals surface area (Å²) in [6.07, 6.45) is 12.4. The summed E-state index contributed by atoms with van der Waals surface area (Å²) in [6.45, 7) is 7.12. The molecule has 1 aromatic carbocycles. The molecule has 5 fully saturated rings. The van der Waals surface area contributed by atoms with Gasteiger partial charge in [0.1, 0.15) is 18.0 Å². The number of carbonyl (C=O) groups excluding carboxylic acids is 1. The molecule has 4 saturated heterocycles. The largest absolute Gasteiger partial charge is 0.379 e. The maximum absolute atomic E-state index is 14.5. The average molecular weight is 880 g/mol. The number of halogens is 2. The summed E-state index contributed by atoms with van der Waals surface area (Å²) in [6, 6.07) is 7.71. The number of piperidine rings is 2. The number of alkyl halides is 2. The van der Waals surface area contributed by atoms with Crippen molar-refractivity contribution in [2.75, 3.05) is 43.0 Å². The second-order valence-electron chi connectivity index (χ2n) is 18.6. The molecule has 1 saturated carbocycles. The number of hydrogen-bond acceptors (Lipinski definition) is 12. The van der Waals surface area contributed by atoms with Crippen LogP contribution in [-0.4, -0.2) is 122 Å². The smallest absolute Gasteiger partial charge is 0.284 e. The fourth-order valence-electron chi connectivity index (χ4n) is 11.2. The number of aliphatic hydroxyl groups is 2. The molecule has 11 rings (SSSR count). The first-order valence-corrected chi connectivity index (χ1v) is 22.9. The number of aromatic nitrogens is 9. The third kappa shape index (κ3) is 7.73. The molecule has 64 heavy (non-hydrogen) atoms. The Morgan fingerprint density at radius 1 is 0.969 bits per heavy atom. The van der Waals surface area contributed by atoms with Crippen molar-refractivity contribution < 1.29 is 28.5 Å². The molecule has 5 atom stereocenters. The van der Waals surface area contributed by atoms with Gasteiger partial charge >= 0.3 is 0 Å². The fourth-order valence-corrected chi connectivity index (χ4v) is 11.2. The first-order chi connectivity index (χ1) is 31.1. The lowest BCUT2D eigenvalue weighted by Gasteiger charge is -2.36. The number of ether oxygens (including phenoxy) is 1. The van der Waals surface area contributed by atoms with Crippen LogP contribution in [0.5, 0.6) is 0 Å². The predicted octanol–water partition coefficient (Wildman–Crippen LogP) is 5.32. The normalized spacial score (nSPS) is 26.8. The summed E-state index contributed by atoms with van der Waals surface area (Å²) in [7, 11) is 0. The molecule has 1 amide bonds. The van der Waals surface area contributed by atoms with Gasteiger partial charge in [-0.3, -0.25) is 24.2 Å². The van der Waals surface area contributed by atoms with Gasteiger partial charge < -0.3 is 30.1 Å². The molecule has 9 heterocycles. The maximum atomic E-state index is 14.5. The zero-order valence-electron chi connectivity index (χ0n) is 35.9. The quantitative estimate of drug-likeness (QED) is 0.132. The molecular formula is C45H55F2N13O4. The number of anilines is 2. The van der Waals surface area contributed by atoms with Gasteiger partial charge in [-0.1, -0.05) is 12.1 Å². The van der Waals surface area contributed by atoms with Crippen LogP contribution in [0, 0.1) is 18.8 Å². The Balaban J connectivity index is 0.685. The van der Waals surface area contributed by atoms with Crippen LogP contribution in [0.15, 0.2) is 55.2 Å². The molecule has 0 spiro atoms.